The van der Waals surface area contributed by atoms with Crippen molar-refractivity contribution in [2.24, 2.45) is 7.05 Å². The van der Waals surface area contributed by atoms with E-state index in [1.54, 1.807) is 18.4 Å². The number of ether oxygens (including phenoxy) is 1. The fourth-order valence-corrected chi connectivity index (χ4v) is 4.13. The van der Waals surface area contributed by atoms with Crippen molar-refractivity contribution in [1.82, 2.24) is 19.7 Å². The molecule has 138 valence electrons. The van der Waals surface area contributed by atoms with Crippen molar-refractivity contribution < 1.29 is 4.74 Å². The summed E-state index contributed by atoms with van der Waals surface area (Å²) in [5.74, 6) is 1.61. The van der Waals surface area contributed by atoms with Gasteiger partial charge in [0.2, 0.25) is 0 Å². The van der Waals surface area contributed by atoms with Gasteiger partial charge in [0.1, 0.15) is 17.3 Å². The molecule has 0 aliphatic rings. The summed E-state index contributed by atoms with van der Waals surface area (Å²) < 4.78 is 7.09. The van der Waals surface area contributed by atoms with E-state index in [1.165, 1.54) is 5.56 Å². The maximum atomic E-state index is 5.27. The molecular formula is C20H21N5OS. The zero-order valence-electron chi connectivity index (χ0n) is 15.6. The van der Waals surface area contributed by atoms with E-state index in [0.717, 1.165) is 33.7 Å². The molecule has 0 aliphatic heterocycles. The molecule has 27 heavy (non-hydrogen) atoms. The fraction of sp³-hybridized carbons (Fsp3) is 0.250. The van der Waals surface area contributed by atoms with Gasteiger partial charge in [0.15, 0.2) is 5.82 Å². The Bertz CT molecular complexity index is 1060. The van der Waals surface area contributed by atoms with E-state index in [2.05, 4.69) is 46.7 Å². The van der Waals surface area contributed by atoms with Gasteiger partial charge in [-0.05, 0) is 5.56 Å². The molecule has 0 saturated carbocycles. The van der Waals surface area contributed by atoms with Gasteiger partial charge in [0.05, 0.1) is 11.6 Å². The molecule has 0 unspecified atom stereocenters. The molecule has 0 spiro atoms. The molecular weight excluding hydrogens is 358 g/mol. The third kappa shape index (κ3) is 3.56. The van der Waals surface area contributed by atoms with E-state index < -0.39 is 0 Å². The van der Waals surface area contributed by atoms with Crippen LogP contribution in [0.5, 0.6) is 0 Å². The second-order valence-corrected chi connectivity index (χ2v) is 7.33. The Balaban J connectivity index is 1.83. The number of hydrogen-bond donors (Lipinski definition) is 0. The van der Waals surface area contributed by atoms with E-state index in [4.69, 9.17) is 14.7 Å². The Labute approximate surface area is 162 Å². The van der Waals surface area contributed by atoms with E-state index in [-0.39, 0.29) is 0 Å². The summed E-state index contributed by atoms with van der Waals surface area (Å²) in [5, 5.41) is 7.51. The van der Waals surface area contributed by atoms with Gasteiger partial charge in [0, 0.05) is 50.5 Å². The van der Waals surface area contributed by atoms with Crippen LogP contribution in [0.2, 0.25) is 0 Å². The second-order valence-electron chi connectivity index (χ2n) is 6.47. The molecule has 0 aliphatic carbocycles. The molecule has 3 heterocycles. The number of aryl methyl sites for hydroxylation is 1. The van der Waals surface area contributed by atoms with Crippen LogP contribution in [0.3, 0.4) is 0 Å². The number of hydrogen-bond acceptors (Lipinski definition) is 6. The van der Waals surface area contributed by atoms with Gasteiger partial charge in [-0.15, -0.1) is 11.3 Å². The second kappa shape index (κ2) is 7.46. The molecule has 4 rings (SSSR count). The first kappa shape index (κ1) is 17.6. The minimum absolute atomic E-state index is 0.391. The van der Waals surface area contributed by atoms with Crippen LogP contribution in [0.1, 0.15) is 11.4 Å². The molecule has 0 bridgehead atoms. The quantitative estimate of drug-likeness (QED) is 0.509. The lowest BCUT2D eigenvalue weighted by Gasteiger charge is -2.20. The molecule has 3 aromatic heterocycles. The SMILES string of the molecule is COCc1nc(N(C)Cc2cnn(C)c2)c2c(-c3ccccc3)csc2n1. The van der Waals surface area contributed by atoms with E-state index >= 15 is 0 Å². The molecule has 1 aromatic carbocycles. The van der Waals surface area contributed by atoms with Crippen LogP contribution in [0.4, 0.5) is 5.82 Å². The predicted octanol–water partition coefficient (Wildman–Crippen LogP) is 3.87. The number of fused-ring (bicyclic) bond motifs is 1. The molecule has 0 saturated heterocycles. The standard InChI is InChI=1S/C20H21N5OS/c1-24(10-14-9-21-25(2)11-14)19-18-16(15-7-5-4-6-8-15)13-27-20(18)23-17(22-19)12-26-3/h4-9,11,13H,10,12H2,1-3H3. The van der Waals surface area contributed by atoms with Crippen molar-refractivity contribution in [2.45, 2.75) is 13.2 Å². The molecule has 0 radical (unpaired) electrons. The van der Waals surface area contributed by atoms with Crippen molar-refractivity contribution in [3.63, 3.8) is 0 Å². The highest BCUT2D eigenvalue weighted by Gasteiger charge is 2.18. The Hall–Kier alpha value is -2.77. The smallest absolute Gasteiger partial charge is 0.158 e. The minimum Gasteiger partial charge on any atom is -0.377 e. The van der Waals surface area contributed by atoms with Gasteiger partial charge >= 0.3 is 0 Å². The Morgan fingerprint density at radius 3 is 2.70 bits per heavy atom. The molecule has 6 nitrogen and oxygen atoms in total. The Morgan fingerprint density at radius 2 is 2.00 bits per heavy atom. The highest BCUT2D eigenvalue weighted by molar-refractivity contribution is 7.17. The largest absolute Gasteiger partial charge is 0.377 e. The first-order valence-electron chi connectivity index (χ1n) is 8.67. The molecule has 0 fully saturated rings. The Morgan fingerprint density at radius 1 is 1.19 bits per heavy atom. The van der Waals surface area contributed by atoms with Gasteiger partial charge in [-0.25, -0.2) is 9.97 Å². The predicted molar refractivity (Wildman–Crippen MR) is 109 cm³/mol. The van der Waals surface area contributed by atoms with Crippen LogP contribution in [0.15, 0.2) is 48.1 Å². The van der Waals surface area contributed by atoms with Crippen LogP contribution < -0.4 is 4.90 Å². The highest BCUT2D eigenvalue weighted by Crippen LogP contribution is 2.38. The lowest BCUT2D eigenvalue weighted by molar-refractivity contribution is 0.178. The summed E-state index contributed by atoms with van der Waals surface area (Å²) in [6.07, 6.45) is 3.91. The van der Waals surface area contributed by atoms with Crippen LogP contribution in [0, 0.1) is 0 Å². The maximum Gasteiger partial charge on any atom is 0.158 e. The summed E-state index contributed by atoms with van der Waals surface area (Å²) in [6, 6.07) is 10.4. The van der Waals surface area contributed by atoms with Crippen LogP contribution in [-0.2, 0) is 24.9 Å². The van der Waals surface area contributed by atoms with Crippen LogP contribution >= 0.6 is 11.3 Å². The molecule has 0 atom stereocenters. The lowest BCUT2D eigenvalue weighted by atomic mass is 10.1. The lowest BCUT2D eigenvalue weighted by Crippen LogP contribution is -2.19. The Kier molecular flexibility index (Phi) is 4.87. The maximum absolute atomic E-state index is 5.27. The van der Waals surface area contributed by atoms with Crippen LogP contribution in [0.25, 0.3) is 21.3 Å². The summed E-state index contributed by atoms with van der Waals surface area (Å²) >= 11 is 1.64. The van der Waals surface area contributed by atoms with Crippen molar-refractivity contribution in [3.8, 4) is 11.1 Å². The normalized spacial score (nSPS) is 11.2. The monoisotopic (exact) mass is 379 g/mol. The summed E-state index contributed by atoms with van der Waals surface area (Å²) in [7, 11) is 5.64. The number of methoxy groups -OCH3 is 1. The fourth-order valence-electron chi connectivity index (χ4n) is 3.17. The van der Waals surface area contributed by atoms with Gasteiger partial charge in [-0.1, -0.05) is 30.3 Å². The van der Waals surface area contributed by atoms with Crippen molar-refractivity contribution >= 4 is 27.4 Å². The highest BCUT2D eigenvalue weighted by atomic mass is 32.1. The van der Waals surface area contributed by atoms with Gasteiger partial charge in [-0.3, -0.25) is 4.68 Å². The third-order valence-corrected chi connectivity index (χ3v) is 5.23. The van der Waals surface area contributed by atoms with E-state index in [1.807, 2.05) is 30.2 Å². The zero-order chi connectivity index (χ0) is 18.8. The zero-order valence-corrected chi connectivity index (χ0v) is 16.4. The number of rotatable bonds is 6. The average molecular weight is 379 g/mol. The first-order valence-corrected chi connectivity index (χ1v) is 9.55. The van der Waals surface area contributed by atoms with Crippen molar-refractivity contribution in [1.29, 1.82) is 0 Å². The number of anilines is 1. The van der Waals surface area contributed by atoms with E-state index in [9.17, 15) is 0 Å². The van der Waals surface area contributed by atoms with E-state index in [0.29, 0.717) is 12.4 Å². The summed E-state index contributed by atoms with van der Waals surface area (Å²) in [5.41, 5.74) is 3.46. The molecule has 0 amide bonds. The molecule has 4 aromatic rings. The first-order chi connectivity index (χ1) is 13.2. The van der Waals surface area contributed by atoms with Gasteiger partial charge in [-0.2, -0.15) is 5.10 Å². The van der Waals surface area contributed by atoms with Crippen molar-refractivity contribution in [2.75, 3.05) is 19.1 Å². The number of nitrogens with zero attached hydrogens (tertiary/aromatic N) is 5. The average Bonchev–Trinajstić information content (AvgIpc) is 3.28. The summed E-state index contributed by atoms with van der Waals surface area (Å²) in [6.45, 7) is 1.11. The number of aromatic nitrogens is 4. The molecule has 0 N–H and O–H groups in total. The third-order valence-electron chi connectivity index (χ3n) is 4.36. The molecule has 7 heteroatoms. The minimum atomic E-state index is 0.391. The van der Waals surface area contributed by atoms with Gasteiger partial charge < -0.3 is 9.64 Å². The topological polar surface area (TPSA) is 56.1 Å². The summed E-state index contributed by atoms with van der Waals surface area (Å²) in [4.78, 5) is 12.7. The number of thiophene rings is 1. The number of benzene rings is 1. The van der Waals surface area contributed by atoms with Crippen LogP contribution in [-0.4, -0.2) is 33.9 Å². The van der Waals surface area contributed by atoms with Crippen molar-refractivity contribution in [3.05, 3.63) is 59.5 Å². The van der Waals surface area contributed by atoms with Gasteiger partial charge in [0.25, 0.3) is 0 Å².